The summed E-state index contributed by atoms with van der Waals surface area (Å²) in [5.74, 6) is -0.264. The van der Waals surface area contributed by atoms with E-state index in [1.54, 1.807) is 0 Å². The Balaban J connectivity index is 2.39. The van der Waals surface area contributed by atoms with Crippen LogP contribution in [0.5, 0.6) is 0 Å². The maximum absolute atomic E-state index is 11.7. The zero-order valence-corrected chi connectivity index (χ0v) is 4.73. The van der Waals surface area contributed by atoms with E-state index < -0.39 is 12.5 Å². The normalized spacial score (nSPS) is 27.0. The average molecular weight is 135 g/mol. The van der Waals surface area contributed by atoms with Crippen molar-refractivity contribution < 1.29 is 13.6 Å². The van der Waals surface area contributed by atoms with Crippen molar-refractivity contribution in [1.29, 1.82) is 0 Å². The van der Waals surface area contributed by atoms with Crippen LogP contribution in [0.25, 0.3) is 0 Å². The minimum atomic E-state index is -2.41. The van der Waals surface area contributed by atoms with E-state index >= 15 is 0 Å². The molecular weight excluding hydrogens is 128 g/mol. The van der Waals surface area contributed by atoms with Gasteiger partial charge in [0.05, 0.1) is 6.04 Å². The van der Waals surface area contributed by atoms with Gasteiger partial charge in [-0.05, 0) is 6.42 Å². The summed E-state index contributed by atoms with van der Waals surface area (Å²) in [6.45, 7) is 0. The Morgan fingerprint density at radius 3 is 2.56 bits per heavy atom. The number of rotatable bonds is 1. The molecule has 4 heteroatoms. The summed E-state index contributed by atoms with van der Waals surface area (Å²) in [5.41, 5.74) is 0. The van der Waals surface area contributed by atoms with Crippen molar-refractivity contribution in [2.24, 2.45) is 0 Å². The third-order valence-electron chi connectivity index (χ3n) is 1.33. The molecule has 1 heterocycles. The molecule has 0 spiro atoms. The van der Waals surface area contributed by atoms with E-state index in [-0.39, 0.29) is 18.7 Å². The minimum absolute atomic E-state index is 0.245. The lowest BCUT2D eigenvalue weighted by atomic mass is 10.2. The first-order chi connectivity index (χ1) is 4.20. The highest BCUT2D eigenvalue weighted by Crippen LogP contribution is 2.13. The Morgan fingerprint density at radius 2 is 2.33 bits per heavy atom. The molecule has 1 aliphatic rings. The molecule has 1 atom stereocenters. The Labute approximate surface area is 51.2 Å². The van der Waals surface area contributed by atoms with Crippen molar-refractivity contribution >= 4 is 5.91 Å². The van der Waals surface area contributed by atoms with Gasteiger partial charge in [-0.25, -0.2) is 8.78 Å². The van der Waals surface area contributed by atoms with E-state index in [9.17, 15) is 13.6 Å². The van der Waals surface area contributed by atoms with Crippen LogP contribution in [0, 0.1) is 0 Å². The molecule has 1 N–H and O–H groups in total. The monoisotopic (exact) mass is 135 g/mol. The highest BCUT2D eigenvalue weighted by Gasteiger charge is 2.27. The van der Waals surface area contributed by atoms with Crippen LogP contribution < -0.4 is 5.32 Å². The molecule has 9 heavy (non-hydrogen) atoms. The van der Waals surface area contributed by atoms with Crippen LogP contribution in [-0.4, -0.2) is 18.4 Å². The molecule has 1 aliphatic heterocycles. The van der Waals surface area contributed by atoms with Gasteiger partial charge in [0.2, 0.25) is 5.91 Å². The largest absolute Gasteiger partial charge is 0.348 e. The molecule has 0 bridgehead atoms. The van der Waals surface area contributed by atoms with Gasteiger partial charge in [0, 0.05) is 6.42 Å². The van der Waals surface area contributed by atoms with E-state index in [1.165, 1.54) is 0 Å². The van der Waals surface area contributed by atoms with Crippen LogP contribution in [0.15, 0.2) is 0 Å². The second kappa shape index (κ2) is 2.29. The lowest BCUT2D eigenvalue weighted by Gasteiger charge is -2.05. The topological polar surface area (TPSA) is 29.1 Å². The number of carbonyl (C=O) groups excluding carboxylic acids is 1. The number of amides is 1. The molecule has 0 radical (unpaired) electrons. The third-order valence-corrected chi connectivity index (χ3v) is 1.33. The number of nitrogens with one attached hydrogen (secondary N) is 1. The summed E-state index contributed by atoms with van der Waals surface area (Å²) >= 11 is 0. The maximum Gasteiger partial charge on any atom is 0.258 e. The van der Waals surface area contributed by atoms with E-state index in [1.807, 2.05) is 0 Å². The lowest BCUT2D eigenvalue weighted by molar-refractivity contribution is -0.119. The van der Waals surface area contributed by atoms with Gasteiger partial charge in [0.15, 0.2) is 0 Å². The van der Waals surface area contributed by atoms with Gasteiger partial charge in [-0.2, -0.15) is 0 Å². The van der Waals surface area contributed by atoms with Crippen molar-refractivity contribution in [2.75, 3.05) is 0 Å². The smallest absolute Gasteiger partial charge is 0.258 e. The van der Waals surface area contributed by atoms with Gasteiger partial charge in [-0.1, -0.05) is 0 Å². The van der Waals surface area contributed by atoms with Crippen LogP contribution >= 0.6 is 0 Å². The molecule has 0 aromatic carbocycles. The van der Waals surface area contributed by atoms with Gasteiger partial charge in [-0.3, -0.25) is 4.79 Å². The lowest BCUT2D eigenvalue weighted by Crippen LogP contribution is -2.31. The zero-order chi connectivity index (χ0) is 6.85. The third kappa shape index (κ3) is 1.37. The summed E-state index contributed by atoms with van der Waals surface area (Å²) in [6.07, 6.45) is -1.89. The fraction of sp³-hybridized carbons (Fsp3) is 0.800. The molecule has 52 valence electrons. The number of alkyl halides is 2. The average Bonchev–Trinajstić information content (AvgIpc) is 2.14. The van der Waals surface area contributed by atoms with Crippen molar-refractivity contribution in [3.8, 4) is 0 Å². The van der Waals surface area contributed by atoms with Crippen LogP contribution in [0.2, 0.25) is 0 Å². The summed E-state index contributed by atoms with van der Waals surface area (Å²) in [6, 6.07) is -0.891. The first-order valence-electron chi connectivity index (χ1n) is 2.77. The van der Waals surface area contributed by atoms with Gasteiger partial charge >= 0.3 is 0 Å². The molecule has 0 unspecified atom stereocenters. The molecule has 0 saturated carbocycles. The fourth-order valence-corrected chi connectivity index (χ4v) is 0.827. The molecular formula is C5H7F2NO. The first-order valence-corrected chi connectivity index (χ1v) is 2.77. The number of carbonyl (C=O) groups is 1. The number of hydrogen-bond acceptors (Lipinski definition) is 1. The second-order valence-corrected chi connectivity index (χ2v) is 2.05. The van der Waals surface area contributed by atoms with Gasteiger partial charge < -0.3 is 5.32 Å². The Morgan fingerprint density at radius 1 is 1.67 bits per heavy atom. The summed E-state index contributed by atoms with van der Waals surface area (Å²) in [7, 11) is 0. The van der Waals surface area contributed by atoms with Gasteiger partial charge in [-0.15, -0.1) is 0 Å². The quantitative estimate of drug-likeness (QED) is 0.558. The molecule has 1 rings (SSSR count). The highest BCUT2D eigenvalue weighted by atomic mass is 19.3. The Bertz CT molecular complexity index is 126. The van der Waals surface area contributed by atoms with Crippen LogP contribution in [0.4, 0.5) is 8.78 Å². The SMILES string of the molecule is O=C1CC[C@@H](C(F)F)N1. The predicted octanol–water partition coefficient (Wildman–Crippen LogP) is 0.530. The van der Waals surface area contributed by atoms with Gasteiger partial charge in [0.1, 0.15) is 0 Å². The van der Waals surface area contributed by atoms with E-state index in [0.29, 0.717) is 0 Å². The zero-order valence-electron chi connectivity index (χ0n) is 4.73. The van der Waals surface area contributed by atoms with Crippen molar-refractivity contribution in [3.63, 3.8) is 0 Å². The van der Waals surface area contributed by atoms with Crippen molar-refractivity contribution in [3.05, 3.63) is 0 Å². The van der Waals surface area contributed by atoms with Crippen LogP contribution in [0.3, 0.4) is 0 Å². The van der Waals surface area contributed by atoms with Crippen molar-refractivity contribution in [2.45, 2.75) is 25.3 Å². The molecule has 0 aromatic heterocycles. The Hall–Kier alpha value is -0.670. The van der Waals surface area contributed by atoms with Crippen LogP contribution in [0.1, 0.15) is 12.8 Å². The standard InChI is InChI=1S/C5H7F2NO/c6-5(7)3-1-2-4(9)8-3/h3,5H,1-2H2,(H,8,9)/t3-/m0/s1. The molecule has 1 amide bonds. The minimum Gasteiger partial charge on any atom is -0.348 e. The molecule has 2 nitrogen and oxygen atoms in total. The predicted molar refractivity (Wildman–Crippen MR) is 27.2 cm³/mol. The summed E-state index contributed by atoms with van der Waals surface area (Å²) in [5, 5.41) is 2.16. The Kier molecular flexibility index (Phi) is 1.64. The number of halogens is 2. The van der Waals surface area contributed by atoms with E-state index in [0.717, 1.165) is 0 Å². The maximum atomic E-state index is 11.7. The molecule has 1 saturated heterocycles. The molecule has 0 aliphatic carbocycles. The van der Waals surface area contributed by atoms with Gasteiger partial charge in [0.25, 0.3) is 6.43 Å². The van der Waals surface area contributed by atoms with Crippen LogP contribution in [-0.2, 0) is 4.79 Å². The number of hydrogen-bond donors (Lipinski definition) is 1. The fourth-order valence-electron chi connectivity index (χ4n) is 0.827. The summed E-state index contributed by atoms with van der Waals surface area (Å²) < 4.78 is 23.4. The van der Waals surface area contributed by atoms with E-state index in [4.69, 9.17) is 0 Å². The summed E-state index contributed by atoms with van der Waals surface area (Å²) in [4.78, 5) is 10.3. The molecule has 0 aromatic rings. The van der Waals surface area contributed by atoms with Crippen molar-refractivity contribution in [1.82, 2.24) is 5.32 Å². The highest BCUT2D eigenvalue weighted by molar-refractivity contribution is 5.78. The first kappa shape index (κ1) is 6.45. The molecule has 1 fully saturated rings. The second-order valence-electron chi connectivity index (χ2n) is 2.05. The van der Waals surface area contributed by atoms with E-state index in [2.05, 4.69) is 5.32 Å².